The van der Waals surface area contributed by atoms with Gasteiger partial charge in [-0.05, 0) is 37.1 Å². The molecular formula is C18H21N3O6. The first-order chi connectivity index (χ1) is 12.7. The number of pyridine rings is 1. The normalized spacial score (nSPS) is 15.2. The Kier molecular flexibility index (Phi) is 5.11. The molecule has 5 N–H and O–H groups in total. The highest BCUT2D eigenvalue weighted by molar-refractivity contribution is 5.81. The zero-order chi connectivity index (χ0) is 19.9. The Balaban J connectivity index is 2.28. The van der Waals surface area contributed by atoms with Gasteiger partial charge in [0.25, 0.3) is 11.1 Å². The van der Waals surface area contributed by atoms with Gasteiger partial charge in [0, 0.05) is 6.07 Å². The van der Waals surface area contributed by atoms with Crippen LogP contribution in [0.5, 0.6) is 0 Å². The summed E-state index contributed by atoms with van der Waals surface area (Å²) in [6.45, 7) is 2.84. The number of aryl methyl sites for hydroxylation is 2. The lowest BCUT2D eigenvalue weighted by Gasteiger charge is -2.25. The standard InChI is InChI=1S/C18H21N3O6/c1-8-3-10-11(4-9(8)2)21(6-13(23)17(26)14(24)7-22)12-5-15(25)20-18(27)16(12)19-10/h3-5,13-14,17,22-24,26H,6-7H2,1-2H3,(H,20,25,27)/t13-,14+,17-/m1/s1. The highest BCUT2D eigenvalue weighted by atomic mass is 16.4. The number of H-pyrrole nitrogens is 1. The fourth-order valence-corrected chi connectivity index (χ4v) is 3.03. The Morgan fingerprint density at radius 3 is 2.41 bits per heavy atom. The van der Waals surface area contributed by atoms with Crippen molar-refractivity contribution in [1.29, 1.82) is 0 Å². The predicted octanol–water partition coefficient (Wildman–Crippen LogP) is -1.12. The van der Waals surface area contributed by atoms with Crippen molar-refractivity contribution in [2.24, 2.45) is 0 Å². The van der Waals surface area contributed by atoms with Crippen molar-refractivity contribution in [3.63, 3.8) is 0 Å². The van der Waals surface area contributed by atoms with Crippen molar-refractivity contribution in [2.75, 3.05) is 6.61 Å². The Morgan fingerprint density at radius 2 is 1.74 bits per heavy atom. The number of rotatable bonds is 5. The zero-order valence-corrected chi connectivity index (χ0v) is 14.9. The lowest BCUT2D eigenvalue weighted by atomic mass is 10.1. The summed E-state index contributed by atoms with van der Waals surface area (Å²) in [5.74, 6) is 0. The molecule has 9 nitrogen and oxygen atoms in total. The van der Waals surface area contributed by atoms with Gasteiger partial charge >= 0.3 is 0 Å². The molecule has 1 aromatic carbocycles. The molecule has 0 aromatic heterocycles. The molecule has 0 bridgehead atoms. The molecule has 2 aliphatic rings. The van der Waals surface area contributed by atoms with Crippen LogP contribution in [0.2, 0.25) is 0 Å². The van der Waals surface area contributed by atoms with E-state index in [1.807, 2.05) is 19.9 Å². The van der Waals surface area contributed by atoms with Crippen molar-refractivity contribution in [1.82, 2.24) is 14.5 Å². The Labute approximate surface area is 153 Å². The molecule has 2 heterocycles. The van der Waals surface area contributed by atoms with Crippen molar-refractivity contribution in [3.05, 3.63) is 50.0 Å². The molecule has 9 heteroatoms. The largest absolute Gasteiger partial charge is 0.394 e. The van der Waals surface area contributed by atoms with E-state index < -0.39 is 36.0 Å². The molecule has 3 atom stereocenters. The summed E-state index contributed by atoms with van der Waals surface area (Å²) in [6, 6.07) is 4.79. The topological polar surface area (TPSA) is 149 Å². The lowest BCUT2D eigenvalue weighted by molar-refractivity contribution is -0.0802. The first-order valence-corrected chi connectivity index (χ1v) is 8.42. The van der Waals surface area contributed by atoms with Crippen LogP contribution in [0.25, 0.3) is 22.4 Å². The molecule has 0 aliphatic carbocycles. The average Bonchev–Trinajstić information content (AvgIpc) is 2.62. The van der Waals surface area contributed by atoms with E-state index in [0.29, 0.717) is 11.0 Å². The fourth-order valence-electron chi connectivity index (χ4n) is 3.03. The summed E-state index contributed by atoms with van der Waals surface area (Å²) in [5.41, 5.74) is 1.89. The summed E-state index contributed by atoms with van der Waals surface area (Å²) in [5, 5.41) is 38.9. The second-order valence-corrected chi connectivity index (χ2v) is 6.65. The highest BCUT2D eigenvalue weighted by Crippen LogP contribution is 2.25. The number of aliphatic hydroxyl groups is 4. The Bertz CT molecular complexity index is 1070. The van der Waals surface area contributed by atoms with Gasteiger partial charge in [-0.25, -0.2) is 4.98 Å². The summed E-state index contributed by atoms with van der Waals surface area (Å²) in [7, 11) is 0. The molecule has 0 saturated heterocycles. The number of aromatic amines is 1. The highest BCUT2D eigenvalue weighted by Gasteiger charge is 2.27. The number of fused-ring (bicyclic) bond motifs is 2. The number of hydrogen-bond donors (Lipinski definition) is 5. The number of hydrogen-bond acceptors (Lipinski definition) is 7. The van der Waals surface area contributed by atoms with Crippen LogP contribution in [0, 0.1) is 13.8 Å². The van der Waals surface area contributed by atoms with Crippen molar-refractivity contribution >= 4 is 11.0 Å². The molecule has 1 aromatic rings. The summed E-state index contributed by atoms with van der Waals surface area (Å²) in [4.78, 5) is 30.5. The van der Waals surface area contributed by atoms with Gasteiger partial charge in [-0.3, -0.25) is 14.6 Å². The van der Waals surface area contributed by atoms with Crippen LogP contribution >= 0.6 is 0 Å². The van der Waals surface area contributed by atoms with E-state index >= 15 is 0 Å². The van der Waals surface area contributed by atoms with Crippen LogP contribution < -0.4 is 11.1 Å². The molecule has 27 heavy (non-hydrogen) atoms. The van der Waals surface area contributed by atoms with Crippen LogP contribution in [0.15, 0.2) is 27.8 Å². The molecule has 0 saturated carbocycles. The number of aromatic nitrogens is 3. The third-order valence-corrected chi connectivity index (χ3v) is 4.71. The quantitative estimate of drug-likeness (QED) is 0.355. The number of nitrogens with one attached hydrogen (secondary N) is 1. The van der Waals surface area contributed by atoms with Gasteiger partial charge < -0.3 is 25.0 Å². The second kappa shape index (κ2) is 7.20. The van der Waals surface area contributed by atoms with E-state index in [1.54, 1.807) is 6.07 Å². The van der Waals surface area contributed by atoms with E-state index in [2.05, 4.69) is 9.97 Å². The van der Waals surface area contributed by atoms with Gasteiger partial charge in [-0.15, -0.1) is 0 Å². The molecule has 0 unspecified atom stereocenters. The number of benzene rings is 1. The minimum absolute atomic E-state index is 0.0229. The van der Waals surface area contributed by atoms with Crippen LogP contribution in [0.4, 0.5) is 0 Å². The van der Waals surface area contributed by atoms with E-state index in [4.69, 9.17) is 5.11 Å². The fraction of sp³-hybridized carbons (Fsp3) is 0.389. The van der Waals surface area contributed by atoms with Gasteiger partial charge in [0.1, 0.15) is 18.3 Å². The van der Waals surface area contributed by atoms with Crippen LogP contribution in [0.3, 0.4) is 0 Å². The first-order valence-electron chi connectivity index (χ1n) is 8.42. The predicted molar refractivity (Wildman–Crippen MR) is 97.8 cm³/mol. The number of aliphatic hydroxyl groups excluding tert-OH is 4. The van der Waals surface area contributed by atoms with Crippen molar-refractivity contribution in [2.45, 2.75) is 38.7 Å². The van der Waals surface area contributed by atoms with Gasteiger partial charge in [-0.1, -0.05) is 0 Å². The maximum absolute atomic E-state index is 12.2. The van der Waals surface area contributed by atoms with Crippen LogP contribution in [0.1, 0.15) is 11.1 Å². The third kappa shape index (κ3) is 3.50. The van der Waals surface area contributed by atoms with Gasteiger partial charge in [0.15, 0.2) is 5.69 Å². The average molecular weight is 375 g/mol. The molecular weight excluding hydrogens is 354 g/mol. The second-order valence-electron chi connectivity index (χ2n) is 6.65. The van der Waals surface area contributed by atoms with Crippen molar-refractivity contribution in [3.8, 4) is 11.4 Å². The summed E-state index contributed by atoms with van der Waals surface area (Å²) >= 11 is 0. The maximum Gasteiger partial charge on any atom is 0.278 e. The molecule has 0 radical (unpaired) electrons. The van der Waals surface area contributed by atoms with Crippen molar-refractivity contribution < 1.29 is 20.4 Å². The van der Waals surface area contributed by atoms with E-state index in [0.717, 1.165) is 11.1 Å². The van der Waals surface area contributed by atoms with E-state index in [-0.39, 0.29) is 17.9 Å². The minimum atomic E-state index is -1.61. The van der Waals surface area contributed by atoms with E-state index in [1.165, 1.54) is 10.6 Å². The third-order valence-electron chi connectivity index (χ3n) is 4.71. The van der Waals surface area contributed by atoms with Crippen LogP contribution in [-0.4, -0.2) is 59.9 Å². The summed E-state index contributed by atoms with van der Waals surface area (Å²) in [6.07, 6.45) is -4.59. The van der Waals surface area contributed by atoms with Gasteiger partial charge in [0.05, 0.1) is 29.9 Å². The zero-order valence-electron chi connectivity index (χ0n) is 14.9. The molecule has 144 valence electrons. The molecule has 3 rings (SSSR count). The number of nitrogens with zero attached hydrogens (tertiary/aromatic N) is 2. The maximum atomic E-state index is 12.2. The Hall–Kier alpha value is -2.59. The first kappa shape index (κ1) is 19.2. The van der Waals surface area contributed by atoms with Gasteiger partial charge in [-0.2, -0.15) is 0 Å². The minimum Gasteiger partial charge on any atom is -0.394 e. The summed E-state index contributed by atoms with van der Waals surface area (Å²) < 4.78 is 1.51. The molecule has 0 fully saturated rings. The van der Waals surface area contributed by atoms with Crippen LogP contribution in [-0.2, 0) is 6.54 Å². The molecule has 2 aliphatic heterocycles. The van der Waals surface area contributed by atoms with Gasteiger partial charge in [0.2, 0.25) is 0 Å². The lowest BCUT2D eigenvalue weighted by Crippen LogP contribution is -2.42. The SMILES string of the molecule is Cc1cc2nc3c(=O)[nH]c(=O)cc-3n(C[C@@H](O)[C@@H](O)[C@@H](O)CO)c2cc1C. The monoisotopic (exact) mass is 375 g/mol. The molecule has 0 spiro atoms. The Morgan fingerprint density at radius 1 is 1.07 bits per heavy atom. The smallest absolute Gasteiger partial charge is 0.278 e. The molecule has 0 amide bonds. The van der Waals surface area contributed by atoms with E-state index in [9.17, 15) is 24.9 Å².